The Morgan fingerprint density at radius 3 is 2.42 bits per heavy atom. The van der Waals surface area contributed by atoms with E-state index in [2.05, 4.69) is 16.6 Å². The monoisotopic (exact) mass is 269 g/mol. The Kier molecular flexibility index (Phi) is 7.92. The summed E-state index contributed by atoms with van der Waals surface area (Å²) in [5.74, 6) is -1.24. The van der Waals surface area contributed by atoms with Gasteiger partial charge in [0.05, 0.1) is 7.11 Å². The average Bonchev–Trinajstić information content (AvgIpc) is 2.32. The average molecular weight is 269 g/mol. The molecule has 0 aromatic heterocycles. The number of rotatable bonds is 7. The van der Waals surface area contributed by atoms with E-state index >= 15 is 0 Å². The van der Waals surface area contributed by atoms with Crippen LogP contribution in [0.5, 0.6) is 0 Å². The van der Waals surface area contributed by atoms with Gasteiger partial charge in [-0.15, -0.1) is 0 Å². The van der Waals surface area contributed by atoms with Crippen LogP contribution >= 0.6 is 0 Å². The molecule has 1 unspecified atom stereocenters. The largest absolute Gasteiger partial charge is 0.467 e. The lowest BCUT2D eigenvalue weighted by Gasteiger charge is -2.15. The molecule has 0 spiro atoms. The van der Waals surface area contributed by atoms with E-state index in [9.17, 15) is 14.4 Å². The van der Waals surface area contributed by atoms with Crippen LogP contribution in [-0.4, -0.2) is 37.6 Å². The molecule has 1 atom stereocenters. The zero-order valence-corrected chi connectivity index (χ0v) is 11.4. The van der Waals surface area contributed by atoms with Gasteiger partial charge in [-0.3, -0.25) is 9.59 Å². The minimum absolute atomic E-state index is 0.136. The van der Waals surface area contributed by atoms with Gasteiger partial charge < -0.3 is 14.8 Å². The highest BCUT2D eigenvalue weighted by molar-refractivity contribution is 5.83. The van der Waals surface area contributed by atoms with E-state index < -0.39 is 12.0 Å². The van der Waals surface area contributed by atoms with E-state index in [0.29, 0.717) is 5.57 Å². The third kappa shape index (κ3) is 8.59. The molecule has 6 heteroatoms. The maximum atomic E-state index is 11.4. The predicted octanol–water partition coefficient (Wildman–Crippen LogP) is 0.730. The van der Waals surface area contributed by atoms with Gasteiger partial charge in [-0.2, -0.15) is 0 Å². The lowest BCUT2D eigenvalue weighted by molar-refractivity contribution is -0.144. The van der Waals surface area contributed by atoms with Crippen LogP contribution in [0.1, 0.15) is 20.3 Å². The van der Waals surface area contributed by atoms with E-state index in [4.69, 9.17) is 4.74 Å². The van der Waals surface area contributed by atoms with Crippen molar-refractivity contribution in [1.29, 1.82) is 0 Å². The van der Waals surface area contributed by atoms with E-state index in [1.165, 1.54) is 21.0 Å². The maximum absolute atomic E-state index is 11.4. The number of allylic oxidation sites excluding steroid dienone is 1. The summed E-state index contributed by atoms with van der Waals surface area (Å²) in [6.07, 6.45) is 3.45. The van der Waals surface area contributed by atoms with Gasteiger partial charge in [0, 0.05) is 20.3 Å². The maximum Gasteiger partial charge on any atom is 0.328 e. The third-order valence-corrected chi connectivity index (χ3v) is 2.07. The fourth-order valence-electron chi connectivity index (χ4n) is 1.29. The second-order valence-corrected chi connectivity index (χ2v) is 3.84. The first kappa shape index (κ1) is 16.9. The summed E-state index contributed by atoms with van der Waals surface area (Å²) in [7, 11) is 1.25. The molecule has 0 aliphatic rings. The van der Waals surface area contributed by atoms with Gasteiger partial charge >= 0.3 is 11.9 Å². The quantitative estimate of drug-likeness (QED) is 0.544. The van der Waals surface area contributed by atoms with Crippen LogP contribution in [0.25, 0.3) is 0 Å². The van der Waals surface area contributed by atoms with Crippen molar-refractivity contribution < 1.29 is 23.9 Å². The molecule has 0 heterocycles. The molecule has 0 rings (SSSR count). The van der Waals surface area contributed by atoms with Gasteiger partial charge in [0.25, 0.3) is 0 Å². The van der Waals surface area contributed by atoms with Gasteiger partial charge in [-0.1, -0.05) is 18.2 Å². The second kappa shape index (κ2) is 8.91. The fraction of sp³-hybridized carbons (Fsp3) is 0.462. The highest BCUT2D eigenvalue weighted by Crippen LogP contribution is 2.06. The number of carbonyl (C=O) groups is 3. The number of methoxy groups -OCH3 is 1. The molecular formula is C13H19NO5. The molecule has 0 aromatic carbocycles. The van der Waals surface area contributed by atoms with E-state index in [0.717, 1.165) is 0 Å². The molecule has 0 saturated carbocycles. The van der Waals surface area contributed by atoms with Crippen molar-refractivity contribution >= 4 is 17.8 Å². The number of esters is 2. The standard InChI is InChI=1S/C13H19NO5/c1-9(6-5-7-19-11(3)16)8-12(13(17)18-4)14-10(2)15/h5-6,12H,1,7-8H2,2-4H3,(H,14,15)/b6-5-. The van der Waals surface area contributed by atoms with Crippen LogP contribution in [0.4, 0.5) is 0 Å². The van der Waals surface area contributed by atoms with Crippen LogP contribution in [0, 0.1) is 0 Å². The number of hydrogen-bond acceptors (Lipinski definition) is 5. The van der Waals surface area contributed by atoms with Gasteiger partial charge in [0.1, 0.15) is 12.6 Å². The molecule has 0 aromatic rings. The smallest absolute Gasteiger partial charge is 0.328 e. The minimum atomic E-state index is -0.770. The number of nitrogens with one attached hydrogen (secondary N) is 1. The summed E-state index contributed by atoms with van der Waals surface area (Å²) in [5, 5.41) is 2.48. The van der Waals surface area contributed by atoms with Gasteiger partial charge in [0.15, 0.2) is 0 Å². The predicted molar refractivity (Wildman–Crippen MR) is 69.2 cm³/mol. The Morgan fingerprint density at radius 1 is 1.32 bits per heavy atom. The van der Waals surface area contributed by atoms with Crippen molar-refractivity contribution in [3.05, 3.63) is 24.3 Å². The molecule has 1 amide bonds. The van der Waals surface area contributed by atoms with Gasteiger partial charge in [-0.25, -0.2) is 4.79 Å². The second-order valence-electron chi connectivity index (χ2n) is 3.84. The Hall–Kier alpha value is -2.11. The first-order chi connectivity index (χ1) is 8.86. The van der Waals surface area contributed by atoms with Crippen molar-refractivity contribution in [3.8, 4) is 0 Å². The van der Waals surface area contributed by atoms with Crippen molar-refractivity contribution in [2.24, 2.45) is 0 Å². The fourth-order valence-corrected chi connectivity index (χ4v) is 1.29. The summed E-state index contributed by atoms with van der Waals surface area (Å²) in [4.78, 5) is 32.9. The van der Waals surface area contributed by atoms with Gasteiger partial charge in [0.2, 0.25) is 5.91 Å². The molecular weight excluding hydrogens is 250 g/mol. The molecule has 0 saturated heterocycles. The summed E-state index contributed by atoms with van der Waals surface area (Å²) in [6.45, 7) is 6.51. The summed E-state index contributed by atoms with van der Waals surface area (Å²) in [6, 6.07) is -0.770. The Morgan fingerprint density at radius 2 is 1.95 bits per heavy atom. The third-order valence-electron chi connectivity index (χ3n) is 2.07. The van der Waals surface area contributed by atoms with E-state index in [1.54, 1.807) is 12.2 Å². The van der Waals surface area contributed by atoms with Crippen LogP contribution in [-0.2, 0) is 23.9 Å². The van der Waals surface area contributed by atoms with Crippen molar-refractivity contribution in [3.63, 3.8) is 0 Å². The van der Waals surface area contributed by atoms with Crippen molar-refractivity contribution in [2.75, 3.05) is 13.7 Å². The first-order valence-corrected chi connectivity index (χ1v) is 5.69. The normalized spacial score (nSPS) is 11.7. The molecule has 0 aliphatic heterocycles. The molecule has 106 valence electrons. The highest BCUT2D eigenvalue weighted by Gasteiger charge is 2.20. The van der Waals surface area contributed by atoms with Crippen LogP contribution in [0.3, 0.4) is 0 Å². The molecule has 0 bridgehead atoms. The Labute approximate surface area is 112 Å². The SMILES string of the molecule is C=C(/C=C\COC(C)=O)CC(NC(C)=O)C(=O)OC. The molecule has 0 aliphatic carbocycles. The Balaban J connectivity index is 4.34. The van der Waals surface area contributed by atoms with Gasteiger partial charge in [-0.05, 0) is 6.08 Å². The number of ether oxygens (including phenoxy) is 2. The Bertz CT molecular complexity index is 386. The van der Waals surface area contributed by atoms with Crippen LogP contribution in [0.2, 0.25) is 0 Å². The molecule has 6 nitrogen and oxygen atoms in total. The zero-order valence-electron chi connectivity index (χ0n) is 11.4. The topological polar surface area (TPSA) is 81.7 Å². The molecule has 1 N–H and O–H groups in total. The molecule has 0 radical (unpaired) electrons. The number of carbonyl (C=O) groups excluding carboxylic acids is 3. The number of amides is 1. The van der Waals surface area contributed by atoms with Crippen molar-refractivity contribution in [2.45, 2.75) is 26.3 Å². The summed E-state index contributed by atoms with van der Waals surface area (Å²) < 4.78 is 9.29. The number of hydrogen-bond donors (Lipinski definition) is 1. The minimum Gasteiger partial charge on any atom is -0.467 e. The molecule has 0 fully saturated rings. The van der Waals surface area contributed by atoms with Crippen LogP contribution in [0.15, 0.2) is 24.3 Å². The first-order valence-electron chi connectivity index (χ1n) is 5.69. The summed E-state index contributed by atoms with van der Waals surface area (Å²) in [5.41, 5.74) is 0.608. The van der Waals surface area contributed by atoms with E-state index in [-0.39, 0.29) is 24.9 Å². The highest BCUT2D eigenvalue weighted by atomic mass is 16.5. The lowest BCUT2D eigenvalue weighted by atomic mass is 10.1. The zero-order chi connectivity index (χ0) is 14.8. The molecule has 19 heavy (non-hydrogen) atoms. The van der Waals surface area contributed by atoms with Crippen LogP contribution < -0.4 is 5.32 Å². The lowest BCUT2D eigenvalue weighted by Crippen LogP contribution is -2.40. The van der Waals surface area contributed by atoms with E-state index in [1.807, 2.05) is 0 Å². The van der Waals surface area contributed by atoms with Crippen molar-refractivity contribution in [1.82, 2.24) is 5.32 Å². The summed E-state index contributed by atoms with van der Waals surface area (Å²) >= 11 is 0.